The average molecular weight is 471 g/mol. The third-order valence-electron chi connectivity index (χ3n) is 5.60. The maximum atomic E-state index is 11.8. The minimum absolute atomic E-state index is 0.314. The van der Waals surface area contributed by atoms with Gasteiger partial charge in [-0.2, -0.15) is 5.10 Å². The zero-order valence-electron chi connectivity index (χ0n) is 18.7. The monoisotopic (exact) mass is 470 g/mol. The van der Waals surface area contributed by atoms with Crippen molar-refractivity contribution in [3.8, 4) is 5.69 Å². The van der Waals surface area contributed by atoms with E-state index in [-0.39, 0.29) is 5.97 Å². The van der Waals surface area contributed by atoms with Gasteiger partial charge in [0.1, 0.15) is 5.52 Å². The van der Waals surface area contributed by atoms with Gasteiger partial charge in [-0.1, -0.05) is 29.8 Å². The predicted octanol–water partition coefficient (Wildman–Crippen LogP) is 6.06. The van der Waals surface area contributed by atoms with Gasteiger partial charge < -0.3 is 10.1 Å². The van der Waals surface area contributed by atoms with Gasteiger partial charge in [0.25, 0.3) is 0 Å². The Morgan fingerprint density at radius 3 is 2.59 bits per heavy atom. The second-order valence-corrected chi connectivity index (χ2v) is 8.30. The van der Waals surface area contributed by atoms with E-state index in [9.17, 15) is 4.79 Å². The van der Waals surface area contributed by atoms with Gasteiger partial charge in [0.2, 0.25) is 0 Å². The number of nitrogens with zero attached hydrogens (tertiary/aromatic N) is 3. The number of ether oxygens (including phenoxy) is 1. The van der Waals surface area contributed by atoms with Crippen LogP contribution in [0.15, 0.2) is 79.0 Å². The number of pyridine rings is 1. The first-order valence-electron chi connectivity index (χ1n) is 11.2. The molecule has 5 rings (SSSR count). The van der Waals surface area contributed by atoms with Gasteiger partial charge in [-0.05, 0) is 61.5 Å². The number of halogens is 1. The maximum absolute atomic E-state index is 11.8. The van der Waals surface area contributed by atoms with E-state index in [4.69, 9.17) is 26.4 Å². The first kappa shape index (κ1) is 21.9. The lowest BCUT2D eigenvalue weighted by atomic mass is 10.1. The lowest BCUT2D eigenvalue weighted by Crippen LogP contribution is -2.08. The van der Waals surface area contributed by atoms with E-state index >= 15 is 0 Å². The molecule has 0 spiro atoms. The Balaban J connectivity index is 1.42. The van der Waals surface area contributed by atoms with Crippen LogP contribution in [-0.4, -0.2) is 33.9 Å². The highest BCUT2D eigenvalue weighted by Crippen LogP contribution is 2.28. The Labute approximate surface area is 202 Å². The molecule has 0 saturated carbocycles. The number of esters is 1. The van der Waals surface area contributed by atoms with E-state index < -0.39 is 0 Å². The Bertz CT molecular complexity index is 1460. The molecule has 0 aliphatic heterocycles. The maximum Gasteiger partial charge on any atom is 0.338 e. The average Bonchev–Trinajstić information content (AvgIpc) is 3.31. The summed E-state index contributed by atoms with van der Waals surface area (Å²) in [6, 6.07) is 23.0. The van der Waals surface area contributed by atoms with Gasteiger partial charge >= 0.3 is 5.97 Å². The van der Waals surface area contributed by atoms with Crippen LogP contribution < -0.4 is 5.32 Å². The number of nitrogens with one attached hydrogen (secondary N) is 1. The number of fused-ring (bicyclic) bond motifs is 3. The van der Waals surface area contributed by atoms with Gasteiger partial charge in [-0.25, -0.2) is 9.48 Å². The number of carbonyl (C=O) groups excluding carboxylic acids is 1. The van der Waals surface area contributed by atoms with Crippen molar-refractivity contribution in [2.24, 2.45) is 0 Å². The van der Waals surface area contributed by atoms with Crippen LogP contribution in [0.5, 0.6) is 0 Å². The molecular weight excluding hydrogens is 448 g/mol. The number of rotatable bonds is 7. The van der Waals surface area contributed by atoms with Gasteiger partial charge in [0.05, 0.1) is 29.1 Å². The van der Waals surface area contributed by atoms with Crippen molar-refractivity contribution < 1.29 is 9.53 Å². The molecule has 0 bridgehead atoms. The van der Waals surface area contributed by atoms with Crippen LogP contribution in [0.2, 0.25) is 5.02 Å². The molecule has 7 heteroatoms. The Hall–Kier alpha value is -3.90. The number of aromatic nitrogens is 3. The van der Waals surface area contributed by atoms with Crippen molar-refractivity contribution in [1.29, 1.82) is 0 Å². The third-order valence-corrected chi connectivity index (χ3v) is 5.84. The first-order valence-corrected chi connectivity index (χ1v) is 11.5. The highest BCUT2D eigenvalue weighted by Gasteiger charge is 2.14. The summed E-state index contributed by atoms with van der Waals surface area (Å²) in [6.45, 7) is 2.82. The largest absolute Gasteiger partial charge is 0.462 e. The SMILES string of the molecule is CCOC(=O)c1ccc(NCCc2nc3cc(Cl)ccc3c3nn(-c4ccccc4)cc23)cc1. The van der Waals surface area contributed by atoms with E-state index in [1.165, 1.54) is 0 Å². The van der Waals surface area contributed by atoms with Crippen LogP contribution in [0.3, 0.4) is 0 Å². The van der Waals surface area contributed by atoms with Crippen LogP contribution in [0.25, 0.3) is 27.5 Å². The molecule has 2 heterocycles. The molecule has 0 aliphatic rings. The van der Waals surface area contributed by atoms with Gasteiger partial charge in [0.15, 0.2) is 0 Å². The highest BCUT2D eigenvalue weighted by molar-refractivity contribution is 6.31. The lowest BCUT2D eigenvalue weighted by Gasteiger charge is -2.09. The van der Waals surface area contributed by atoms with Crippen LogP contribution in [0.1, 0.15) is 23.0 Å². The molecule has 0 saturated heterocycles. The molecule has 2 aromatic heterocycles. The Morgan fingerprint density at radius 2 is 1.82 bits per heavy atom. The van der Waals surface area contributed by atoms with Crippen LogP contribution >= 0.6 is 11.6 Å². The Kier molecular flexibility index (Phi) is 6.14. The topological polar surface area (TPSA) is 69.0 Å². The summed E-state index contributed by atoms with van der Waals surface area (Å²) >= 11 is 6.25. The summed E-state index contributed by atoms with van der Waals surface area (Å²) in [5.74, 6) is -0.314. The van der Waals surface area contributed by atoms with Crippen molar-refractivity contribution in [2.75, 3.05) is 18.5 Å². The van der Waals surface area contributed by atoms with Crippen molar-refractivity contribution in [2.45, 2.75) is 13.3 Å². The summed E-state index contributed by atoms with van der Waals surface area (Å²) in [5.41, 5.74) is 5.13. The second kappa shape index (κ2) is 9.53. The van der Waals surface area contributed by atoms with E-state index in [1.54, 1.807) is 19.1 Å². The highest BCUT2D eigenvalue weighted by atomic mass is 35.5. The normalized spacial score (nSPS) is 11.1. The quantitative estimate of drug-likeness (QED) is 0.293. The number of anilines is 1. The lowest BCUT2D eigenvalue weighted by molar-refractivity contribution is 0.0526. The molecule has 34 heavy (non-hydrogen) atoms. The smallest absolute Gasteiger partial charge is 0.338 e. The third kappa shape index (κ3) is 4.45. The summed E-state index contributed by atoms with van der Waals surface area (Å²) in [4.78, 5) is 16.8. The fourth-order valence-corrected chi connectivity index (χ4v) is 4.12. The van der Waals surface area contributed by atoms with Crippen molar-refractivity contribution in [3.05, 3.63) is 95.3 Å². The molecule has 170 valence electrons. The number of benzene rings is 3. The van der Waals surface area contributed by atoms with Gasteiger partial charge in [0, 0.05) is 40.6 Å². The van der Waals surface area contributed by atoms with Crippen molar-refractivity contribution >= 4 is 45.1 Å². The number of hydrogen-bond acceptors (Lipinski definition) is 5. The summed E-state index contributed by atoms with van der Waals surface area (Å²) in [5, 5.41) is 10.9. The molecule has 6 nitrogen and oxygen atoms in total. The van der Waals surface area contributed by atoms with Gasteiger partial charge in [-0.3, -0.25) is 4.98 Å². The molecular formula is C27H23ClN4O2. The molecule has 5 aromatic rings. The summed E-state index contributed by atoms with van der Waals surface area (Å²) in [7, 11) is 0. The Morgan fingerprint density at radius 1 is 1.03 bits per heavy atom. The standard InChI is InChI=1S/C27H23ClN4O2/c1-2-34-27(33)18-8-11-20(12-9-18)29-15-14-24-23-17-32(21-6-4-3-5-7-21)31-26(23)22-13-10-19(28)16-25(22)30-24/h3-13,16-17,29H,2,14-15H2,1H3. The first-order chi connectivity index (χ1) is 16.6. The van der Waals surface area contributed by atoms with Crippen molar-refractivity contribution in [1.82, 2.24) is 14.8 Å². The molecule has 0 amide bonds. The van der Waals surface area contributed by atoms with E-state index in [1.807, 2.05) is 71.5 Å². The molecule has 0 radical (unpaired) electrons. The molecule has 0 atom stereocenters. The fourth-order valence-electron chi connectivity index (χ4n) is 3.95. The number of hydrogen-bond donors (Lipinski definition) is 1. The van der Waals surface area contributed by atoms with Crippen LogP contribution in [0.4, 0.5) is 5.69 Å². The molecule has 3 aromatic carbocycles. The van der Waals surface area contributed by atoms with Crippen LogP contribution in [0, 0.1) is 0 Å². The van der Waals surface area contributed by atoms with Crippen molar-refractivity contribution in [3.63, 3.8) is 0 Å². The predicted molar refractivity (Wildman–Crippen MR) is 136 cm³/mol. The van der Waals surface area contributed by atoms with E-state index in [0.29, 0.717) is 30.2 Å². The van der Waals surface area contributed by atoms with Gasteiger partial charge in [-0.15, -0.1) is 0 Å². The summed E-state index contributed by atoms with van der Waals surface area (Å²) in [6.07, 6.45) is 2.73. The molecule has 0 aliphatic carbocycles. The zero-order chi connectivity index (χ0) is 23.5. The molecule has 1 N–H and O–H groups in total. The minimum Gasteiger partial charge on any atom is -0.462 e. The number of carbonyl (C=O) groups is 1. The second-order valence-electron chi connectivity index (χ2n) is 7.87. The van der Waals surface area contributed by atoms with E-state index in [2.05, 4.69) is 5.32 Å². The summed E-state index contributed by atoms with van der Waals surface area (Å²) < 4.78 is 6.93. The molecule has 0 fully saturated rings. The number of para-hydroxylation sites is 1. The van der Waals surface area contributed by atoms with Crippen LogP contribution in [-0.2, 0) is 11.2 Å². The zero-order valence-corrected chi connectivity index (χ0v) is 19.4. The molecule has 0 unspecified atom stereocenters. The minimum atomic E-state index is -0.314. The fraction of sp³-hybridized carbons (Fsp3) is 0.148. The van der Waals surface area contributed by atoms with E-state index in [0.717, 1.165) is 38.9 Å².